The van der Waals surface area contributed by atoms with Crippen molar-refractivity contribution in [3.63, 3.8) is 0 Å². The summed E-state index contributed by atoms with van der Waals surface area (Å²) in [5.74, 6) is 1.86. The summed E-state index contributed by atoms with van der Waals surface area (Å²) in [5.41, 5.74) is 1.27. The second kappa shape index (κ2) is 13.1. The summed E-state index contributed by atoms with van der Waals surface area (Å²) >= 11 is 1.73. The standard InChI is InChI=1S/C21H28O2S.N2/c1-4-6-14-22-18-10-13-20(23-15-7-5-2)21(16-18)24-19-11-8-17(3)9-12-19;1-2/h8-13,16H,4-7,14-15H2,1-3H3;. The van der Waals surface area contributed by atoms with Crippen molar-refractivity contribution in [1.82, 2.24) is 0 Å². The maximum atomic E-state index is 6.00. The molecule has 0 amide bonds. The number of ether oxygens (including phenoxy) is 2. The number of benzene rings is 2. The molecule has 0 atom stereocenters. The van der Waals surface area contributed by atoms with Crippen LogP contribution in [-0.2, 0) is 0 Å². The second-order valence-corrected chi connectivity index (χ2v) is 7.04. The van der Waals surface area contributed by atoms with Gasteiger partial charge < -0.3 is 9.47 Å². The van der Waals surface area contributed by atoms with Gasteiger partial charge in [0.2, 0.25) is 0 Å². The van der Waals surface area contributed by atoms with E-state index in [2.05, 4.69) is 51.1 Å². The molecule has 0 bridgehead atoms. The third-order valence-electron chi connectivity index (χ3n) is 3.69. The fraction of sp³-hybridized carbons (Fsp3) is 0.429. The molecule has 0 aliphatic heterocycles. The van der Waals surface area contributed by atoms with E-state index in [0.29, 0.717) is 0 Å². The van der Waals surface area contributed by atoms with E-state index >= 15 is 0 Å². The van der Waals surface area contributed by atoms with Crippen LogP contribution < -0.4 is 9.47 Å². The Morgan fingerprint density at radius 1 is 0.846 bits per heavy atom. The van der Waals surface area contributed by atoms with E-state index < -0.39 is 0 Å². The van der Waals surface area contributed by atoms with Gasteiger partial charge in [0.05, 0.1) is 18.1 Å². The Kier molecular flexibility index (Phi) is 11.0. The van der Waals surface area contributed by atoms with E-state index in [0.717, 1.165) is 55.3 Å². The minimum absolute atomic E-state index is 0.758. The first-order valence-electron chi connectivity index (χ1n) is 9.07. The summed E-state index contributed by atoms with van der Waals surface area (Å²) in [6.07, 6.45) is 4.43. The Hall–Kier alpha value is -2.19. The number of hydrogen-bond acceptors (Lipinski definition) is 5. The van der Waals surface area contributed by atoms with Crippen molar-refractivity contribution in [1.29, 1.82) is 10.8 Å². The highest BCUT2D eigenvalue weighted by atomic mass is 32.2. The van der Waals surface area contributed by atoms with E-state index in [9.17, 15) is 0 Å². The minimum atomic E-state index is 0.758. The summed E-state index contributed by atoms with van der Waals surface area (Å²) in [6, 6.07) is 14.7. The second-order valence-electron chi connectivity index (χ2n) is 5.93. The smallest absolute Gasteiger partial charge is 0.133 e. The molecule has 26 heavy (non-hydrogen) atoms. The van der Waals surface area contributed by atoms with Crippen LogP contribution in [0.25, 0.3) is 0 Å². The first kappa shape index (κ1) is 21.9. The van der Waals surface area contributed by atoms with Gasteiger partial charge in [-0.15, -0.1) is 0 Å². The van der Waals surface area contributed by atoms with Crippen LogP contribution in [0.5, 0.6) is 11.5 Å². The molecule has 0 aliphatic rings. The third kappa shape index (κ3) is 7.79. The molecule has 0 heterocycles. The summed E-state index contributed by atoms with van der Waals surface area (Å²) in [4.78, 5) is 2.33. The summed E-state index contributed by atoms with van der Waals surface area (Å²) < 4.78 is 11.8. The molecule has 0 spiro atoms. The molecule has 2 aromatic rings. The van der Waals surface area contributed by atoms with Crippen LogP contribution in [0.1, 0.15) is 45.1 Å². The van der Waals surface area contributed by atoms with E-state index in [4.69, 9.17) is 20.3 Å². The monoisotopic (exact) mass is 372 g/mol. The number of aryl methyl sites for hydroxylation is 1. The molecule has 0 aliphatic carbocycles. The average molecular weight is 373 g/mol. The van der Waals surface area contributed by atoms with Gasteiger partial charge in [0, 0.05) is 15.7 Å². The first-order chi connectivity index (χ1) is 12.7. The summed E-state index contributed by atoms with van der Waals surface area (Å²) in [5, 5.41) is 12.0. The highest BCUT2D eigenvalue weighted by Gasteiger charge is 2.09. The predicted octanol–water partition coefficient (Wildman–Crippen LogP) is 6.53. The van der Waals surface area contributed by atoms with Gasteiger partial charge in [-0.2, -0.15) is 0 Å². The summed E-state index contributed by atoms with van der Waals surface area (Å²) in [6.45, 7) is 7.98. The van der Waals surface area contributed by atoms with Gasteiger partial charge >= 0.3 is 0 Å². The Morgan fingerprint density at radius 3 is 2.08 bits per heavy atom. The zero-order valence-electron chi connectivity index (χ0n) is 15.9. The average Bonchev–Trinajstić information content (AvgIpc) is 2.67. The maximum absolute atomic E-state index is 6.00. The molecule has 0 N–H and O–H groups in total. The number of unbranched alkanes of at least 4 members (excludes halogenated alkanes) is 2. The van der Waals surface area contributed by atoms with Gasteiger partial charge in [0.1, 0.15) is 11.5 Å². The van der Waals surface area contributed by atoms with E-state index in [-0.39, 0.29) is 0 Å². The SMILES string of the molecule is CCCCOc1ccc(OCCCC)c(Sc2ccc(C)cc2)c1.N#N. The minimum Gasteiger partial charge on any atom is -0.494 e. The van der Waals surface area contributed by atoms with Crippen LogP contribution >= 0.6 is 11.8 Å². The lowest BCUT2D eigenvalue weighted by Crippen LogP contribution is -2.00. The van der Waals surface area contributed by atoms with Crippen LogP contribution in [0.3, 0.4) is 0 Å². The molecule has 2 aromatic carbocycles. The van der Waals surface area contributed by atoms with Gasteiger partial charge in [-0.1, -0.05) is 56.1 Å². The van der Waals surface area contributed by atoms with Gasteiger partial charge in [0.25, 0.3) is 0 Å². The predicted molar refractivity (Wildman–Crippen MR) is 106 cm³/mol. The number of rotatable bonds is 10. The van der Waals surface area contributed by atoms with Crippen molar-refractivity contribution in [2.24, 2.45) is 0 Å². The lowest BCUT2D eigenvalue weighted by Gasteiger charge is -2.13. The normalized spacial score (nSPS) is 9.88. The molecule has 140 valence electrons. The molecular weight excluding hydrogens is 344 g/mol. The highest BCUT2D eigenvalue weighted by molar-refractivity contribution is 7.99. The first-order valence-corrected chi connectivity index (χ1v) is 9.88. The fourth-order valence-electron chi connectivity index (χ4n) is 2.17. The van der Waals surface area contributed by atoms with Gasteiger partial charge in [-0.05, 0) is 50.1 Å². The Bertz CT molecular complexity index is 657. The van der Waals surface area contributed by atoms with E-state index in [1.165, 1.54) is 10.5 Å². The van der Waals surface area contributed by atoms with Crippen LogP contribution in [0.4, 0.5) is 0 Å². The van der Waals surface area contributed by atoms with Crippen molar-refractivity contribution < 1.29 is 9.47 Å². The summed E-state index contributed by atoms with van der Waals surface area (Å²) in [7, 11) is 0. The zero-order valence-corrected chi connectivity index (χ0v) is 16.7. The van der Waals surface area contributed by atoms with Crippen LogP contribution in [0, 0.1) is 17.7 Å². The molecule has 5 heteroatoms. The topological polar surface area (TPSA) is 66.0 Å². The third-order valence-corrected chi connectivity index (χ3v) is 4.73. The maximum Gasteiger partial charge on any atom is 0.133 e. The molecule has 2 rings (SSSR count). The van der Waals surface area contributed by atoms with Crippen molar-refractivity contribution in [2.75, 3.05) is 13.2 Å². The van der Waals surface area contributed by atoms with Crippen LogP contribution in [0.2, 0.25) is 0 Å². The van der Waals surface area contributed by atoms with Gasteiger partial charge in [-0.3, -0.25) is 0 Å². The van der Waals surface area contributed by atoms with E-state index in [1.54, 1.807) is 11.8 Å². The van der Waals surface area contributed by atoms with Crippen LogP contribution in [-0.4, -0.2) is 13.2 Å². The zero-order chi connectivity index (χ0) is 19.2. The molecule has 0 saturated heterocycles. The molecule has 0 saturated carbocycles. The highest BCUT2D eigenvalue weighted by Crippen LogP contribution is 2.37. The fourth-order valence-corrected chi connectivity index (χ4v) is 3.10. The van der Waals surface area contributed by atoms with Gasteiger partial charge in [-0.25, -0.2) is 0 Å². The molecular formula is C21H28N2O2S. The lowest BCUT2D eigenvalue weighted by molar-refractivity contribution is 0.295. The number of hydrogen-bond donors (Lipinski definition) is 0. The molecule has 0 unspecified atom stereocenters. The molecule has 0 fully saturated rings. The van der Waals surface area contributed by atoms with Crippen molar-refractivity contribution in [3.8, 4) is 11.5 Å². The van der Waals surface area contributed by atoms with Crippen molar-refractivity contribution in [3.05, 3.63) is 48.0 Å². The van der Waals surface area contributed by atoms with E-state index in [1.807, 2.05) is 12.1 Å². The molecule has 0 radical (unpaired) electrons. The molecule has 0 aromatic heterocycles. The Labute approximate surface area is 161 Å². The quantitative estimate of drug-likeness (QED) is 0.350. The van der Waals surface area contributed by atoms with Gasteiger partial charge in [0.15, 0.2) is 0 Å². The Balaban J connectivity index is 0.00000163. The Morgan fingerprint density at radius 2 is 1.46 bits per heavy atom. The van der Waals surface area contributed by atoms with Crippen molar-refractivity contribution >= 4 is 11.8 Å². The largest absolute Gasteiger partial charge is 0.494 e. The number of nitrogens with zero attached hydrogens (tertiary/aromatic N) is 2. The van der Waals surface area contributed by atoms with Crippen LogP contribution in [0.15, 0.2) is 52.3 Å². The lowest BCUT2D eigenvalue weighted by atomic mass is 10.2. The van der Waals surface area contributed by atoms with Crippen molar-refractivity contribution in [2.45, 2.75) is 56.2 Å². The molecule has 4 nitrogen and oxygen atoms in total.